The highest BCUT2D eigenvalue weighted by Crippen LogP contribution is 2.35. The molecule has 3 heterocycles. The van der Waals surface area contributed by atoms with E-state index in [1.807, 2.05) is 27.5 Å². The lowest BCUT2D eigenvalue weighted by Crippen LogP contribution is -2.40. The highest BCUT2D eigenvalue weighted by atomic mass is 32.1. The minimum atomic E-state index is -0.500. The molecule has 178 valence electrons. The molecular weight excluding hydrogens is 468 g/mol. The number of thiazole rings is 1. The van der Waals surface area contributed by atoms with Crippen molar-refractivity contribution in [3.8, 4) is 9.88 Å². The Kier molecular flexibility index (Phi) is 6.65. The molecule has 7 nitrogen and oxygen atoms in total. The van der Waals surface area contributed by atoms with Gasteiger partial charge in [0.05, 0.1) is 17.1 Å². The summed E-state index contributed by atoms with van der Waals surface area (Å²) < 4.78 is 1.87. The van der Waals surface area contributed by atoms with Gasteiger partial charge in [0.25, 0.3) is 11.8 Å². The normalized spacial score (nSPS) is 16.4. The van der Waals surface area contributed by atoms with Gasteiger partial charge in [-0.15, -0.1) is 22.7 Å². The third kappa shape index (κ3) is 5.00. The molecule has 2 fully saturated rings. The zero-order chi connectivity index (χ0) is 23.7. The number of nitrogens with zero attached hydrogens (tertiary/aromatic N) is 3. The van der Waals surface area contributed by atoms with Gasteiger partial charge in [-0.2, -0.15) is 0 Å². The molecule has 0 aromatic carbocycles. The minimum Gasteiger partial charge on any atom is -0.349 e. The van der Waals surface area contributed by atoms with Crippen LogP contribution in [0.5, 0.6) is 0 Å². The Hall–Kier alpha value is -2.78. The van der Waals surface area contributed by atoms with Crippen molar-refractivity contribution in [2.24, 2.45) is 0 Å². The van der Waals surface area contributed by atoms with Gasteiger partial charge >= 0.3 is 0 Å². The quantitative estimate of drug-likeness (QED) is 0.514. The van der Waals surface area contributed by atoms with Crippen molar-refractivity contribution in [1.82, 2.24) is 19.8 Å². The van der Waals surface area contributed by atoms with Crippen LogP contribution in [0.4, 0.5) is 0 Å². The number of hydrogen-bond donors (Lipinski definition) is 1. The minimum absolute atomic E-state index is 0.0411. The van der Waals surface area contributed by atoms with Crippen molar-refractivity contribution >= 4 is 34.5 Å². The Morgan fingerprint density at radius 2 is 1.88 bits per heavy atom. The Bertz CT molecular complexity index is 1240. The molecule has 2 saturated carbocycles. The van der Waals surface area contributed by atoms with Crippen molar-refractivity contribution in [1.29, 1.82) is 0 Å². The largest absolute Gasteiger partial charge is 0.349 e. The molecule has 3 aromatic rings. The summed E-state index contributed by atoms with van der Waals surface area (Å²) in [7, 11) is 1.67. The molecular formula is C25H28N4O3S2. The molecule has 0 bridgehead atoms. The van der Waals surface area contributed by atoms with Crippen LogP contribution in [-0.4, -0.2) is 39.4 Å². The van der Waals surface area contributed by atoms with Gasteiger partial charge in [-0.1, -0.05) is 25.3 Å². The number of carbonyl (C=O) groups is 2. The average Bonchev–Trinajstić information content (AvgIpc) is 3.34. The Morgan fingerprint density at radius 3 is 2.59 bits per heavy atom. The van der Waals surface area contributed by atoms with Crippen LogP contribution in [0.2, 0.25) is 0 Å². The van der Waals surface area contributed by atoms with E-state index in [2.05, 4.69) is 10.3 Å². The van der Waals surface area contributed by atoms with Crippen molar-refractivity contribution in [3.63, 3.8) is 0 Å². The first-order valence-corrected chi connectivity index (χ1v) is 13.6. The number of pyridine rings is 1. The zero-order valence-corrected chi connectivity index (χ0v) is 20.8. The van der Waals surface area contributed by atoms with Crippen LogP contribution in [0.3, 0.4) is 0 Å². The molecule has 2 aliphatic rings. The molecule has 9 heteroatoms. The third-order valence-electron chi connectivity index (χ3n) is 6.46. The van der Waals surface area contributed by atoms with Crippen LogP contribution < -0.4 is 10.7 Å². The second-order valence-electron chi connectivity index (χ2n) is 9.18. The Labute approximate surface area is 206 Å². The SMILES string of the molecule is CN(Cc1csc(-c2cccs2)n1)C(=O)c1cn(C2CC2)cc(C(=O)NC2CCCCC2)c1=O. The smallest absolute Gasteiger partial charge is 0.259 e. The molecule has 1 N–H and O–H groups in total. The number of thiophene rings is 1. The fourth-order valence-corrected chi connectivity index (χ4v) is 6.04. The lowest BCUT2D eigenvalue weighted by molar-refractivity contribution is 0.0781. The first kappa shape index (κ1) is 23.0. The average molecular weight is 497 g/mol. The van der Waals surface area contributed by atoms with Crippen molar-refractivity contribution in [2.75, 3.05) is 7.05 Å². The van der Waals surface area contributed by atoms with Crippen LogP contribution >= 0.6 is 22.7 Å². The topological polar surface area (TPSA) is 84.3 Å². The number of amides is 2. The van der Waals surface area contributed by atoms with Gasteiger partial charge in [0.1, 0.15) is 16.1 Å². The predicted octanol–water partition coefficient (Wildman–Crippen LogP) is 4.70. The summed E-state index contributed by atoms with van der Waals surface area (Å²) in [4.78, 5) is 46.9. The van der Waals surface area contributed by atoms with E-state index in [0.29, 0.717) is 6.54 Å². The van der Waals surface area contributed by atoms with E-state index >= 15 is 0 Å². The van der Waals surface area contributed by atoms with Crippen LogP contribution in [0, 0.1) is 0 Å². The second kappa shape index (κ2) is 9.84. The van der Waals surface area contributed by atoms with Crippen LogP contribution in [-0.2, 0) is 6.54 Å². The van der Waals surface area contributed by atoms with E-state index in [0.717, 1.165) is 54.1 Å². The standard InChI is InChI=1S/C25H28N4O3S2/c1-28(12-17-15-34-24(27-17)21-8-5-11-33-21)25(32)20-14-29(18-9-10-18)13-19(22(20)30)23(31)26-16-6-3-2-4-7-16/h5,8,11,13-16,18H,2-4,6-7,9-10,12H2,1H3,(H,26,31). The molecule has 34 heavy (non-hydrogen) atoms. The molecule has 5 rings (SSSR count). The second-order valence-corrected chi connectivity index (χ2v) is 11.0. The van der Waals surface area contributed by atoms with Crippen molar-refractivity contribution < 1.29 is 9.59 Å². The number of rotatable bonds is 7. The molecule has 2 amide bonds. The maximum Gasteiger partial charge on any atom is 0.259 e. The Balaban J connectivity index is 1.36. The van der Waals surface area contributed by atoms with Crippen LogP contribution in [0.15, 0.2) is 40.1 Å². The van der Waals surface area contributed by atoms with Crippen molar-refractivity contribution in [2.45, 2.75) is 63.6 Å². The monoisotopic (exact) mass is 496 g/mol. The number of carbonyl (C=O) groups excluding carboxylic acids is 2. The zero-order valence-electron chi connectivity index (χ0n) is 19.2. The summed E-state index contributed by atoms with van der Waals surface area (Å²) >= 11 is 3.17. The van der Waals surface area contributed by atoms with Gasteiger partial charge in [-0.05, 0) is 37.1 Å². The lowest BCUT2D eigenvalue weighted by Gasteiger charge is -2.23. The predicted molar refractivity (Wildman–Crippen MR) is 135 cm³/mol. The molecule has 0 radical (unpaired) electrons. The molecule has 0 unspecified atom stereocenters. The molecule has 0 atom stereocenters. The maximum absolute atomic E-state index is 13.3. The fourth-order valence-electron chi connectivity index (χ4n) is 4.42. The van der Waals surface area contributed by atoms with Gasteiger partial charge < -0.3 is 14.8 Å². The molecule has 3 aromatic heterocycles. The molecule has 2 aliphatic carbocycles. The fraction of sp³-hybridized carbons (Fsp3) is 0.440. The van der Waals surface area contributed by atoms with E-state index in [1.54, 1.807) is 30.8 Å². The summed E-state index contributed by atoms with van der Waals surface area (Å²) in [5.41, 5.74) is 0.377. The van der Waals surface area contributed by atoms with E-state index in [9.17, 15) is 14.4 Å². The first-order chi connectivity index (χ1) is 16.5. The van der Waals surface area contributed by atoms with Crippen LogP contribution in [0.1, 0.15) is 77.4 Å². The summed E-state index contributed by atoms with van der Waals surface area (Å²) in [5.74, 6) is -0.763. The highest BCUT2D eigenvalue weighted by molar-refractivity contribution is 7.20. The molecule has 0 spiro atoms. The maximum atomic E-state index is 13.3. The lowest BCUT2D eigenvalue weighted by atomic mass is 9.95. The van der Waals surface area contributed by atoms with E-state index in [1.165, 1.54) is 22.7 Å². The van der Waals surface area contributed by atoms with Gasteiger partial charge in [-0.25, -0.2) is 4.98 Å². The van der Waals surface area contributed by atoms with Gasteiger partial charge in [-0.3, -0.25) is 14.4 Å². The van der Waals surface area contributed by atoms with E-state index in [4.69, 9.17) is 0 Å². The van der Waals surface area contributed by atoms with E-state index < -0.39 is 11.3 Å². The van der Waals surface area contributed by atoms with Gasteiger partial charge in [0, 0.05) is 36.9 Å². The number of hydrogen-bond acceptors (Lipinski definition) is 6. The summed E-state index contributed by atoms with van der Waals surface area (Å²) in [5, 5.41) is 7.90. The summed E-state index contributed by atoms with van der Waals surface area (Å²) in [6.45, 7) is 0.294. The van der Waals surface area contributed by atoms with Crippen molar-refractivity contribution in [3.05, 3.63) is 62.3 Å². The van der Waals surface area contributed by atoms with Gasteiger partial charge in [0.2, 0.25) is 5.43 Å². The van der Waals surface area contributed by atoms with Gasteiger partial charge in [0.15, 0.2) is 0 Å². The number of aromatic nitrogens is 2. The summed E-state index contributed by atoms with van der Waals surface area (Å²) in [6.07, 6.45) is 10.5. The molecule has 0 aliphatic heterocycles. The third-order valence-corrected chi connectivity index (χ3v) is 8.39. The Morgan fingerprint density at radius 1 is 1.12 bits per heavy atom. The first-order valence-electron chi connectivity index (χ1n) is 11.8. The van der Waals surface area contributed by atoms with E-state index in [-0.39, 0.29) is 29.1 Å². The van der Waals surface area contributed by atoms with Crippen LogP contribution in [0.25, 0.3) is 9.88 Å². The highest BCUT2D eigenvalue weighted by Gasteiger charge is 2.29. The number of nitrogens with one attached hydrogen (secondary N) is 1. The summed E-state index contributed by atoms with van der Waals surface area (Å²) in [6, 6.07) is 4.34. The molecule has 0 saturated heterocycles.